The fourth-order valence-corrected chi connectivity index (χ4v) is 3.21. The molecule has 1 atom stereocenters. The molecule has 3 rings (SSSR count). The number of methoxy groups -OCH3 is 1. The Morgan fingerprint density at radius 3 is 2.69 bits per heavy atom. The van der Waals surface area contributed by atoms with E-state index in [1.54, 1.807) is 17.0 Å². The third-order valence-corrected chi connectivity index (χ3v) is 4.82. The normalized spacial score (nSPS) is 16.0. The Morgan fingerprint density at radius 1 is 1.31 bits per heavy atom. The maximum atomic E-state index is 13.0. The molecule has 0 aromatic heterocycles. The Kier molecular flexibility index (Phi) is 6.06. The fraction of sp³-hybridized carbons (Fsp3) is 0.300. The summed E-state index contributed by atoms with van der Waals surface area (Å²) >= 11 is 0. The predicted octanol–water partition coefficient (Wildman–Crippen LogP) is 2.77. The Morgan fingerprint density at radius 2 is 2.03 bits per heavy atom. The van der Waals surface area contributed by atoms with Crippen LogP contribution in [0.3, 0.4) is 0 Å². The summed E-state index contributed by atoms with van der Waals surface area (Å²) in [7, 11) is 1.35. The summed E-state index contributed by atoms with van der Waals surface area (Å²) in [5.74, 6) is -1.15. The number of non-ortho nitro benzene ring substituents is 1. The smallest absolute Gasteiger partial charge is 0.273 e. The molecule has 0 saturated carbocycles. The van der Waals surface area contributed by atoms with E-state index in [1.807, 2.05) is 0 Å². The highest BCUT2D eigenvalue weighted by molar-refractivity contribution is 5.98. The number of hydrogen-bond acceptors (Lipinski definition) is 5. The number of rotatable bonds is 7. The zero-order chi connectivity index (χ0) is 21.0. The van der Waals surface area contributed by atoms with Crippen molar-refractivity contribution in [1.82, 2.24) is 4.90 Å². The van der Waals surface area contributed by atoms with Crippen LogP contribution in [0, 0.1) is 21.8 Å². The molecule has 1 saturated heterocycles. The monoisotopic (exact) mass is 401 g/mol. The molecular formula is C20H20FN3O5. The van der Waals surface area contributed by atoms with E-state index < -0.39 is 10.8 Å². The topological polar surface area (TPSA) is 102 Å². The molecule has 2 aromatic carbocycles. The maximum absolute atomic E-state index is 13.0. The van der Waals surface area contributed by atoms with Gasteiger partial charge in [0, 0.05) is 25.6 Å². The number of nitro groups is 1. The second-order valence-corrected chi connectivity index (χ2v) is 6.75. The molecule has 1 heterocycles. The molecule has 0 radical (unpaired) electrons. The number of hydrogen-bond donors (Lipinski definition) is 1. The highest BCUT2D eigenvalue weighted by atomic mass is 19.1. The molecule has 29 heavy (non-hydrogen) atoms. The molecule has 0 spiro atoms. The average molecular weight is 401 g/mol. The predicted molar refractivity (Wildman–Crippen MR) is 103 cm³/mol. The highest BCUT2D eigenvalue weighted by Gasteiger charge is 2.34. The van der Waals surface area contributed by atoms with Crippen LogP contribution in [0.25, 0.3) is 0 Å². The van der Waals surface area contributed by atoms with Crippen molar-refractivity contribution in [3.8, 4) is 5.75 Å². The minimum atomic E-state index is -0.553. The quantitative estimate of drug-likeness (QED) is 0.568. The standard InChI is InChI=1S/C20H20FN3O5/c1-29-18-11-16(24(27)28)6-7-17(18)22-20(26)14-10-19(25)23(12-14)9-8-13-2-4-15(21)5-3-13/h2-7,11,14H,8-10,12H2,1H3,(H,22,26). The van der Waals surface area contributed by atoms with Gasteiger partial charge in [0.15, 0.2) is 0 Å². The minimum Gasteiger partial charge on any atom is -0.494 e. The van der Waals surface area contributed by atoms with Gasteiger partial charge in [0.1, 0.15) is 11.6 Å². The lowest BCUT2D eigenvalue weighted by Crippen LogP contribution is -2.30. The second kappa shape index (κ2) is 8.68. The van der Waals surface area contributed by atoms with Gasteiger partial charge in [-0.1, -0.05) is 12.1 Å². The molecule has 1 aliphatic rings. The van der Waals surface area contributed by atoms with Gasteiger partial charge in [-0.25, -0.2) is 4.39 Å². The van der Waals surface area contributed by atoms with Crippen LogP contribution in [0.5, 0.6) is 5.75 Å². The van der Waals surface area contributed by atoms with Crippen LogP contribution >= 0.6 is 0 Å². The largest absolute Gasteiger partial charge is 0.494 e. The van der Waals surface area contributed by atoms with E-state index >= 15 is 0 Å². The summed E-state index contributed by atoms with van der Waals surface area (Å²) in [5, 5.41) is 13.5. The molecule has 2 amide bonds. The van der Waals surface area contributed by atoms with Crippen molar-refractivity contribution in [2.75, 3.05) is 25.5 Å². The molecule has 1 fully saturated rings. The number of ether oxygens (including phenoxy) is 1. The van der Waals surface area contributed by atoms with Crippen LogP contribution in [0.4, 0.5) is 15.8 Å². The number of nitro benzene ring substituents is 1. The van der Waals surface area contributed by atoms with Crippen molar-refractivity contribution in [1.29, 1.82) is 0 Å². The lowest BCUT2D eigenvalue weighted by Gasteiger charge is -2.17. The van der Waals surface area contributed by atoms with E-state index in [9.17, 15) is 24.1 Å². The van der Waals surface area contributed by atoms with Crippen molar-refractivity contribution >= 4 is 23.2 Å². The Labute approximate surface area is 166 Å². The SMILES string of the molecule is COc1cc([N+](=O)[O-])ccc1NC(=O)C1CC(=O)N(CCc2ccc(F)cc2)C1. The van der Waals surface area contributed by atoms with Gasteiger partial charge >= 0.3 is 0 Å². The van der Waals surface area contributed by atoms with Crippen molar-refractivity contribution < 1.29 is 23.6 Å². The van der Waals surface area contributed by atoms with Gasteiger partial charge < -0.3 is 15.0 Å². The zero-order valence-corrected chi connectivity index (χ0v) is 15.8. The van der Waals surface area contributed by atoms with Gasteiger partial charge in [0.2, 0.25) is 11.8 Å². The van der Waals surface area contributed by atoms with E-state index in [2.05, 4.69) is 5.32 Å². The first-order chi connectivity index (χ1) is 13.9. The zero-order valence-electron chi connectivity index (χ0n) is 15.8. The van der Waals surface area contributed by atoms with Gasteiger partial charge in [0.25, 0.3) is 5.69 Å². The van der Waals surface area contributed by atoms with Crippen LogP contribution < -0.4 is 10.1 Å². The van der Waals surface area contributed by atoms with Crippen molar-refractivity contribution in [3.63, 3.8) is 0 Å². The summed E-state index contributed by atoms with van der Waals surface area (Å²) in [6.45, 7) is 0.719. The molecule has 2 aromatic rings. The van der Waals surface area contributed by atoms with E-state index in [-0.39, 0.29) is 42.0 Å². The molecule has 0 aliphatic carbocycles. The van der Waals surface area contributed by atoms with Gasteiger partial charge in [-0.3, -0.25) is 19.7 Å². The Balaban J connectivity index is 1.60. The third-order valence-electron chi connectivity index (χ3n) is 4.82. The maximum Gasteiger partial charge on any atom is 0.273 e. The van der Waals surface area contributed by atoms with Crippen LogP contribution in [0.2, 0.25) is 0 Å². The van der Waals surface area contributed by atoms with Crippen LogP contribution in [0.15, 0.2) is 42.5 Å². The summed E-state index contributed by atoms with van der Waals surface area (Å²) in [5.41, 5.74) is 1.06. The lowest BCUT2D eigenvalue weighted by atomic mass is 10.1. The number of likely N-dealkylation sites (tertiary alicyclic amines) is 1. The summed E-state index contributed by atoms with van der Waals surface area (Å²) in [4.78, 5) is 36.8. The fourth-order valence-electron chi connectivity index (χ4n) is 3.21. The number of benzene rings is 2. The van der Waals surface area contributed by atoms with Crippen molar-refractivity contribution in [2.24, 2.45) is 5.92 Å². The lowest BCUT2D eigenvalue weighted by molar-refractivity contribution is -0.384. The number of carbonyl (C=O) groups is 2. The molecule has 1 N–H and O–H groups in total. The first-order valence-electron chi connectivity index (χ1n) is 9.03. The number of anilines is 1. The average Bonchev–Trinajstić information content (AvgIpc) is 3.08. The van der Waals surface area contributed by atoms with Crippen LogP contribution in [-0.4, -0.2) is 41.8 Å². The van der Waals surface area contributed by atoms with Crippen LogP contribution in [-0.2, 0) is 16.0 Å². The number of halogens is 1. The molecule has 1 unspecified atom stereocenters. The second-order valence-electron chi connectivity index (χ2n) is 6.75. The van der Waals surface area contributed by atoms with Gasteiger partial charge in [-0.15, -0.1) is 0 Å². The summed E-state index contributed by atoms with van der Waals surface area (Å²) in [6, 6.07) is 9.97. The van der Waals surface area contributed by atoms with E-state index in [1.165, 1.54) is 37.4 Å². The Bertz CT molecular complexity index is 932. The van der Waals surface area contributed by atoms with Gasteiger partial charge in [-0.05, 0) is 30.2 Å². The summed E-state index contributed by atoms with van der Waals surface area (Å²) < 4.78 is 18.1. The van der Waals surface area contributed by atoms with E-state index in [4.69, 9.17) is 4.74 Å². The third kappa shape index (κ3) is 4.87. The molecule has 0 bridgehead atoms. The molecular weight excluding hydrogens is 381 g/mol. The van der Waals surface area contributed by atoms with E-state index in [0.717, 1.165) is 5.56 Å². The molecule has 8 nitrogen and oxygen atoms in total. The number of nitrogens with zero attached hydrogens (tertiary/aromatic N) is 2. The highest BCUT2D eigenvalue weighted by Crippen LogP contribution is 2.30. The minimum absolute atomic E-state index is 0.0878. The van der Waals surface area contributed by atoms with Gasteiger partial charge in [-0.2, -0.15) is 0 Å². The van der Waals surface area contributed by atoms with Crippen molar-refractivity contribution in [3.05, 3.63) is 64.0 Å². The van der Waals surface area contributed by atoms with Crippen LogP contribution in [0.1, 0.15) is 12.0 Å². The number of nitrogens with one attached hydrogen (secondary N) is 1. The number of amides is 2. The molecule has 1 aliphatic heterocycles. The van der Waals surface area contributed by atoms with E-state index in [0.29, 0.717) is 18.7 Å². The van der Waals surface area contributed by atoms with Gasteiger partial charge in [0.05, 0.1) is 29.7 Å². The molecule has 152 valence electrons. The first kappa shape index (κ1) is 20.2. The number of carbonyl (C=O) groups excluding carboxylic acids is 2. The molecule has 9 heteroatoms. The first-order valence-corrected chi connectivity index (χ1v) is 9.03. The van der Waals surface area contributed by atoms with Crippen molar-refractivity contribution in [2.45, 2.75) is 12.8 Å². The summed E-state index contributed by atoms with van der Waals surface area (Å²) in [6.07, 6.45) is 0.654. The Hall–Kier alpha value is -3.49.